The highest BCUT2D eigenvalue weighted by atomic mass is 32.2. The maximum absolute atomic E-state index is 12.8. The second-order valence-corrected chi connectivity index (χ2v) is 7.77. The molecule has 0 aromatic heterocycles. The van der Waals surface area contributed by atoms with Crippen LogP contribution in [0.1, 0.15) is 5.56 Å². The molecule has 2 rings (SSSR count). The van der Waals surface area contributed by atoms with Crippen molar-refractivity contribution in [1.82, 2.24) is 10.2 Å². The van der Waals surface area contributed by atoms with Crippen LogP contribution < -0.4 is 5.32 Å². The summed E-state index contributed by atoms with van der Waals surface area (Å²) in [6, 6.07) is 13.9. The minimum absolute atomic E-state index is 0.0386. The van der Waals surface area contributed by atoms with E-state index in [1.54, 1.807) is 37.4 Å². The standard InChI is InChI=1S/C18H21FN2O3S/c1-21(13-11-15-7-9-16(19)10-8-15)18(22)20-12-14-25(23,24)17-5-3-2-4-6-17/h2-10H,11-14H2,1H3,(H,20,22). The third-order valence-corrected chi connectivity index (χ3v) is 5.48. The van der Waals surface area contributed by atoms with Crippen LogP contribution in [0.3, 0.4) is 0 Å². The number of carbonyl (C=O) groups excluding carboxylic acids is 1. The molecule has 0 fully saturated rings. The Morgan fingerprint density at radius 1 is 1.08 bits per heavy atom. The molecular formula is C18H21FN2O3S. The summed E-state index contributed by atoms with van der Waals surface area (Å²) in [6.45, 7) is 0.486. The molecule has 0 aliphatic rings. The van der Waals surface area contributed by atoms with Crippen LogP contribution in [-0.2, 0) is 16.3 Å². The molecule has 0 aliphatic heterocycles. The van der Waals surface area contributed by atoms with Crippen LogP contribution in [0, 0.1) is 5.82 Å². The predicted molar refractivity (Wildman–Crippen MR) is 94.6 cm³/mol. The van der Waals surface area contributed by atoms with Crippen molar-refractivity contribution in [2.75, 3.05) is 25.9 Å². The molecule has 0 saturated heterocycles. The lowest BCUT2D eigenvalue weighted by Crippen LogP contribution is -2.40. The van der Waals surface area contributed by atoms with E-state index >= 15 is 0 Å². The average Bonchev–Trinajstić information content (AvgIpc) is 2.61. The van der Waals surface area contributed by atoms with E-state index < -0.39 is 9.84 Å². The maximum atomic E-state index is 12.8. The number of sulfone groups is 1. The lowest BCUT2D eigenvalue weighted by atomic mass is 10.1. The highest BCUT2D eigenvalue weighted by molar-refractivity contribution is 7.91. The molecule has 0 saturated carbocycles. The van der Waals surface area contributed by atoms with Crippen LogP contribution in [-0.4, -0.2) is 45.2 Å². The zero-order chi connectivity index (χ0) is 18.3. The van der Waals surface area contributed by atoms with Gasteiger partial charge in [0.25, 0.3) is 0 Å². The van der Waals surface area contributed by atoms with Crippen molar-refractivity contribution in [2.45, 2.75) is 11.3 Å². The summed E-state index contributed by atoms with van der Waals surface area (Å²) < 4.78 is 37.1. The van der Waals surface area contributed by atoms with Gasteiger partial charge in [-0.1, -0.05) is 30.3 Å². The Hall–Kier alpha value is -2.41. The topological polar surface area (TPSA) is 66.5 Å². The van der Waals surface area contributed by atoms with E-state index in [-0.39, 0.29) is 29.0 Å². The van der Waals surface area contributed by atoms with E-state index in [9.17, 15) is 17.6 Å². The van der Waals surface area contributed by atoms with Gasteiger partial charge in [0.05, 0.1) is 10.6 Å². The van der Waals surface area contributed by atoms with Gasteiger partial charge in [-0.25, -0.2) is 17.6 Å². The highest BCUT2D eigenvalue weighted by Crippen LogP contribution is 2.09. The molecule has 5 nitrogen and oxygen atoms in total. The molecule has 2 aromatic rings. The van der Waals surface area contributed by atoms with Gasteiger partial charge in [-0.15, -0.1) is 0 Å². The van der Waals surface area contributed by atoms with Crippen LogP contribution >= 0.6 is 0 Å². The smallest absolute Gasteiger partial charge is 0.317 e. The highest BCUT2D eigenvalue weighted by Gasteiger charge is 2.15. The number of nitrogens with one attached hydrogen (secondary N) is 1. The number of urea groups is 1. The molecule has 2 amide bonds. The molecule has 2 aromatic carbocycles. The van der Waals surface area contributed by atoms with Gasteiger partial charge in [0.2, 0.25) is 0 Å². The van der Waals surface area contributed by atoms with Crippen molar-refractivity contribution in [3.8, 4) is 0 Å². The van der Waals surface area contributed by atoms with Crippen LogP contribution in [0.4, 0.5) is 9.18 Å². The number of hydrogen-bond acceptors (Lipinski definition) is 3. The Morgan fingerprint density at radius 2 is 1.72 bits per heavy atom. The maximum Gasteiger partial charge on any atom is 0.317 e. The van der Waals surface area contributed by atoms with E-state index in [0.29, 0.717) is 13.0 Å². The van der Waals surface area contributed by atoms with Crippen LogP contribution in [0.25, 0.3) is 0 Å². The van der Waals surface area contributed by atoms with E-state index in [1.807, 2.05) is 0 Å². The Morgan fingerprint density at radius 3 is 2.36 bits per heavy atom. The van der Waals surface area contributed by atoms with E-state index in [0.717, 1.165) is 5.56 Å². The van der Waals surface area contributed by atoms with Gasteiger partial charge in [-0.3, -0.25) is 0 Å². The summed E-state index contributed by atoms with van der Waals surface area (Å²) in [5, 5.41) is 2.60. The lowest BCUT2D eigenvalue weighted by molar-refractivity contribution is 0.210. The molecule has 0 radical (unpaired) electrons. The summed E-state index contributed by atoms with van der Waals surface area (Å²) >= 11 is 0. The zero-order valence-corrected chi connectivity index (χ0v) is 14.8. The van der Waals surface area contributed by atoms with Gasteiger partial charge >= 0.3 is 6.03 Å². The van der Waals surface area contributed by atoms with E-state index in [4.69, 9.17) is 0 Å². The SMILES string of the molecule is CN(CCc1ccc(F)cc1)C(=O)NCCS(=O)(=O)c1ccccc1. The first-order chi connectivity index (χ1) is 11.9. The predicted octanol–water partition coefficient (Wildman–Crippen LogP) is 2.48. The van der Waals surface area contributed by atoms with Crippen molar-refractivity contribution in [1.29, 1.82) is 0 Å². The number of carbonyl (C=O) groups is 1. The number of benzene rings is 2. The number of nitrogens with zero attached hydrogens (tertiary/aromatic N) is 1. The lowest BCUT2D eigenvalue weighted by Gasteiger charge is -2.18. The van der Waals surface area contributed by atoms with Crippen molar-refractivity contribution in [3.63, 3.8) is 0 Å². The van der Waals surface area contributed by atoms with Crippen LogP contribution in [0.2, 0.25) is 0 Å². The second-order valence-electron chi connectivity index (χ2n) is 5.66. The summed E-state index contributed by atoms with van der Waals surface area (Å²) in [6.07, 6.45) is 0.590. The summed E-state index contributed by atoms with van der Waals surface area (Å²) in [5.41, 5.74) is 0.924. The molecular weight excluding hydrogens is 343 g/mol. The van der Waals surface area contributed by atoms with Crippen molar-refractivity contribution >= 4 is 15.9 Å². The van der Waals surface area contributed by atoms with Gasteiger partial charge in [0.1, 0.15) is 5.82 Å². The summed E-state index contributed by atoms with van der Waals surface area (Å²) in [7, 11) is -1.78. The average molecular weight is 364 g/mol. The number of hydrogen-bond donors (Lipinski definition) is 1. The summed E-state index contributed by atoms with van der Waals surface area (Å²) in [4.78, 5) is 13.7. The van der Waals surface area contributed by atoms with Crippen LogP contribution in [0.5, 0.6) is 0 Å². The second kappa shape index (κ2) is 8.62. The monoisotopic (exact) mass is 364 g/mol. The number of halogens is 1. The molecule has 134 valence electrons. The van der Waals surface area contributed by atoms with Gasteiger partial charge in [-0.2, -0.15) is 0 Å². The Bertz CT molecular complexity index is 793. The number of rotatable bonds is 7. The van der Waals surface area contributed by atoms with Gasteiger partial charge in [0, 0.05) is 20.1 Å². The van der Waals surface area contributed by atoms with Crippen LogP contribution in [0.15, 0.2) is 59.5 Å². The molecule has 1 N–H and O–H groups in total. The molecule has 0 heterocycles. The van der Waals surface area contributed by atoms with Crippen molar-refractivity contribution in [3.05, 3.63) is 66.0 Å². The molecule has 0 unspecified atom stereocenters. The molecule has 7 heteroatoms. The Balaban J connectivity index is 1.76. The fourth-order valence-corrected chi connectivity index (χ4v) is 3.40. The largest absolute Gasteiger partial charge is 0.337 e. The fourth-order valence-electron chi connectivity index (χ4n) is 2.22. The summed E-state index contributed by atoms with van der Waals surface area (Å²) in [5.74, 6) is -0.455. The van der Waals surface area contributed by atoms with Crippen molar-refractivity contribution in [2.24, 2.45) is 0 Å². The van der Waals surface area contributed by atoms with E-state index in [2.05, 4.69) is 5.32 Å². The first-order valence-electron chi connectivity index (χ1n) is 7.90. The molecule has 25 heavy (non-hydrogen) atoms. The quantitative estimate of drug-likeness (QED) is 0.821. The molecule has 0 spiro atoms. The normalized spacial score (nSPS) is 11.1. The number of amides is 2. The van der Waals surface area contributed by atoms with Gasteiger partial charge < -0.3 is 10.2 Å². The third kappa shape index (κ3) is 5.86. The van der Waals surface area contributed by atoms with Crippen molar-refractivity contribution < 1.29 is 17.6 Å². The first kappa shape index (κ1) is 18.9. The Labute approximate surface area is 147 Å². The Kier molecular flexibility index (Phi) is 6.52. The molecule has 0 bridgehead atoms. The van der Waals surface area contributed by atoms with E-state index in [1.165, 1.54) is 29.2 Å². The van der Waals surface area contributed by atoms with Gasteiger partial charge in [0.15, 0.2) is 9.84 Å². The van der Waals surface area contributed by atoms with Gasteiger partial charge in [-0.05, 0) is 36.2 Å². The molecule has 0 aliphatic carbocycles. The zero-order valence-electron chi connectivity index (χ0n) is 14.0. The fraction of sp³-hybridized carbons (Fsp3) is 0.278. The number of likely N-dealkylation sites (N-methyl/N-ethyl adjacent to an activating group) is 1. The first-order valence-corrected chi connectivity index (χ1v) is 9.55. The minimum atomic E-state index is -3.41. The minimum Gasteiger partial charge on any atom is -0.337 e. The molecule has 0 atom stereocenters. The third-order valence-electron chi connectivity index (χ3n) is 3.75.